The van der Waals surface area contributed by atoms with Gasteiger partial charge in [0.25, 0.3) is 5.82 Å². The molecule has 6 nitrogen and oxygen atoms in total. The van der Waals surface area contributed by atoms with Gasteiger partial charge < -0.3 is 4.74 Å². The Morgan fingerprint density at radius 2 is 2.33 bits per heavy atom. The summed E-state index contributed by atoms with van der Waals surface area (Å²) in [6.07, 6.45) is 4.60. The van der Waals surface area contributed by atoms with Crippen LogP contribution in [0.3, 0.4) is 0 Å². The molecule has 1 aromatic heterocycles. The van der Waals surface area contributed by atoms with Crippen molar-refractivity contribution in [2.45, 2.75) is 52.7 Å². The van der Waals surface area contributed by atoms with Crippen molar-refractivity contribution in [1.82, 2.24) is 14.8 Å². The Morgan fingerprint density at radius 3 is 2.95 bits per heavy atom. The van der Waals surface area contributed by atoms with E-state index in [0.717, 1.165) is 12.8 Å². The molecule has 6 heteroatoms. The van der Waals surface area contributed by atoms with E-state index in [9.17, 15) is 4.79 Å². The van der Waals surface area contributed by atoms with Crippen LogP contribution >= 0.6 is 0 Å². The van der Waals surface area contributed by atoms with Gasteiger partial charge in [0.2, 0.25) is 0 Å². The van der Waals surface area contributed by atoms with Gasteiger partial charge in [-0.05, 0) is 30.6 Å². The first kappa shape index (κ1) is 15.5. The Morgan fingerprint density at radius 1 is 1.57 bits per heavy atom. The van der Waals surface area contributed by atoms with Crippen molar-refractivity contribution in [2.24, 2.45) is 17.8 Å². The number of ether oxygens (including phenoxy) is 1. The van der Waals surface area contributed by atoms with Crippen LogP contribution in [0.5, 0.6) is 0 Å². The van der Waals surface area contributed by atoms with Crippen molar-refractivity contribution in [1.29, 1.82) is 5.26 Å². The van der Waals surface area contributed by atoms with Crippen molar-refractivity contribution in [3.63, 3.8) is 0 Å². The number of hydrogen-bond donors (Lipinski definition) is 0. The van der Waals surface area contributed by atoms with Crippen LogP contribution in [0.25, 0.3) is 0 Å². The van der Waals surface area contributed by atoms with E-state index in [1.54, 1.807) is 0 Å². The lowest BCUT2D eigenvalue weighted by Crippen LogP contribution is -2.36. The topological polar surface area (TPSA) is 80.8 Å². The molecule has 1 aliphatic carbocycles. The second-order valence-corrected chi connectivity index (χ2v) is 6.23. The number of nitriles is 1. The molecule has 0 spiro atoms. The van der Waals surface area contributed by atoms with E-state index in [4.69, 9.17) is 10.00 Å². The molecule has 1 heterocycles. The molecule has 0 radical (unpaired) electrons. The van der Waals surface area contributed by atoms with E-state index in [2.05, 4.69) is 30.9 Å². The summed E-state index contributed by atoms with van der Waals surface area (Å²) in [5.41, 5.74) is 0. The number of carbonyl (C=O) groups is 1. The maximum absolute atomic E-state index is 12.1. The third-order valence-corrected chi connectivity index (χ3v) is 4.17. The highest BCUT2D eigenvalue weighted by molar-refractivity contribution is 5.69. The van der Waals surface area contributed by atoms with Gasteiger partial charge in [0.15, 0.2) is 0 Å². The standard InChI is InChI=1S/C15H22N4O2/c1-10(2)12-5-4-11(3)6-13(12)21-15(20)8-19-9-17-14(7-16)18-19/h9-13H,4-6,8H2,1-3H3/t11-,12-,13-/m1/s1. The Labute approximate surface area is 125 Å². The Bertz CT molecular complexity index is 532. The second-order valence-electron chi connectivity index (χ2n) is 6.23. The number of carbonyl (C=O) groups excluding carboxylic acids is 1. The highest BCUT2D eigenvalue weighted by atomic mass is 16.5. The Balaban J connectivity index is 1.95. The van der Waals surface area contributed by atoms with Gasteiger partial charge in [-0.25, -0.2) is 9.67 Å². The van der Waals surface area contributed by atoms with Gasteiger partial charge in [-0.15, -0.1) is 5.10 Å². The summed E-state index contributed by atoms with van der Waals surface area (Å²) in [4.78, 5) is 15.8. The summed E-state index contributed by atoms with van der Waals surface area (Å²) >= 11 is 0. The van der Waals surface area contributed by atoms with Gasteiger partial charge in [0.05, 0.1) is 0 Å². The van der Waals surface area contributed by atoms with Crippen LogP contribution in [0, 0.1) is 29.1 Å². The van der Waals surface area contributed by atoms with E-state index >= 15 is 0 Å². The average Bonchev–Trinajstić information content (AvgIpc) is 2.85. The van der Waals surface area contributed by atoms with Crippen molar-refractivity contribution in [3.8, 4) is 6.07 Å². The first-order valence-corrected chi connectivity index (χ1v) is 7.48. The van der Waals surface area contributed by atoms with Gasteiger partial charge in [0, 0.05) is 0 Å². The number of hydrogen-bond acceptors (Lipinski definition) is 5. The quantitative estimate of drug-likeness (QED) is 0.794. The fraction of sp³-hybridized carbons (Fsp3) is 0.733. The monoisotopic (exact) mass is 290 g/mol. The van der Waals surface area contributed by atoms with Crippen LogP contribution in [-0.4, -0.2) is 26.8 Å². The molecule has 2 rings (SSSR count). The van der Waals surface area contributed by atoms with Crippen LogP contribution in [0.15, 0.2) is 6.33 Å². The minimum absolute atomic E-state index is 0.00434. The van der Waals surface area contributed by atoms with Gasteiger partial charge in [-0.1, -0.05) is 27.2 Å². The molecule has 0 aromatic carbocycles. The molecule has 1 aromatic rings. The summed E-state index contributed by atoms with van der Waals surface area (Å²) in [5.74, 6) is 1.28. The zero-order valence-corrected chi connectivity index (χ0v) is 12.8. The Hall–Kier alpha value is -1.90. The minimum atomic E-state index is -0.311. The summed E-state index contributed by atoms with van der Waals surface area (Å²) < 4.78 is 7.02. The van der Waals surface area contributed by atoms with Crippen LogP contribution in [0.2, 0.25) is 0 Å². The predicted octanol–water partition coefficient (Wildman–Crippen LogP) is 2.15. The molecule has 1 fully saturated rings. The third-order valence-electron chi connectivity index (χ3n) is 4.17. The van der Waals surface area contributed by atoms with Crippen molar-refractivity contribution >= 4 is 5.97 Å². The SMILES string of the molecule is CC(C)[C@H]1CC[C@@H](C)C[C@H]1OC(=O)Cn1cnc(C#N)n1. The number of aromatic nitrogens is 3. The molecule has 1 aliphatic rings. The first-order valence-electron chi connectivity index (χ1n) is 7.48. The smallest absolute Gasteiger partial charge is 0.328 e. The van der Waals surface area contributed by atoms with Crippen molar-refractivity contribution < 1.29 is 9.53 Å². The highest BCUT2D eigenvalue weighted by Gasteiger charge is 2.33. The fourth-order valence-corrected chi connectivity index (χ4v) is 3.01. The molecular formula is C15H22N4O2. The van der Waals surface area contributed by atoms with Crippen molar-refractivity contribution in [3.05, 3.63) is 12.2 Å². The van der Waals surface area contributed by atoms with Gasteiger partial charge in [-0.2, -0.15) is 5.26 Å². The highest BCUT2D eigenvalue weighted by Crippen LogP contribution is 2.35. The van der Waals surface area contributed by atoms with Crippen LogP contribution in [0.4, 0.5) is 0 Å². The van der Waals surface area contributed by atoms with Crippen LogP contribution < -0.4 is 0 Å². The maximum Gasteiger partial charge on any atom is 0.328 e. The van der Waals surface area contributed by atoms with Crippen LogP contribution in [0.1, 0.15) is 45.9 Å². The van der Waals surface area contributed by atoms with E-state index in [0.29, 0.717) is 17.8 Å². The predicted molar refractivity (Wildman–Crippen MR) is 76.0 cm³/mol. The molecular weight excluding hydrogens is 268 g/mol. The van der Waals surface area contributed by atoms with E-state index < -0.39 is 0 Å². The number of nitrogens with zero attached hydrogens (tertiary/aromatic N) is 4. The van der Waals surface area contributed by atoms with E-state index in [1.165, 1.54) is 17.4 Å². The normalized spacial score (nSPS) is 25.6. The number of esters is 1. The fourth-order valence-electron chi connectivity index (χ4n) is 3.01. The van der Waals surface area contributed by atoms with E-state index in [-0.39, 0.29) is 24.4 Å². The van der Waals surface area contributed by atoms with Crippen LogP contribution in [-0.2, 0) is 16.1 Å². The molecule has 3 atom stereocenters. The summed E-state index contributed by atoms with van der Waals surface area (Å²) in [5, 5.41) is 12.5. The molecule has 0 saturated heterocycles. The van der Waals surface area contributed by atoms with Gasteiger partial charge >= 0.3 is 5.97 Å². The lowest BCUT2D eigenvalue weighted by Gasteiger charge is -2.36. The summed E-state index contributed by atoms with van der Waals surface area (Å²) in [6, 6.07) is 1.83. The maximum atomic E-state index is 12.1. The number of rotatable bonds is 4. The molecule has 0 amide bonds. The summed E-state index contributed by atoms with van der Waals surface area (Å²) in [7, 11) is 0. The van der Waals surface area contributed by atoms with Gasteiger partial charge in [0.1, 0.15) is 25.0 Å². The summed E-state index contributed by atoms with van der Waals surface area (Å²) in [6.45, 7) is 6.56. The zero-order valence-electron chi connectivity index (χ0n) is 12.8. The average molecular weight is 290 g/mol. The second kappa shape index (κ2) is 6.70. The lowest BCUT2D eigenvalue weighted by molar-refractivity contribution is -0.156. The molecule has 1 saturated carbocycles. The molecule has 0 bridgehead atoms. The zero-order chi connectivity index (χ0) is 15.4. The van der Waals surface area contributed by atoms with E-state index in [1.807, 2.05) is 6.07 Å². The molecule has 0 N–H and O–H groups in total. The molecule has 0 aliphatic heterocycles. The first-order chi connectivity index (χ1) is 9.99. The lowest BCUT2D eigenvalue weighted by atomic mass is 9.75. The largest absolute Gasteiger partial charge is 0.461 e. The molecule has 21 heavy (non-hydrogen) atoms. The minimum Gasteiger partial charge on any atom is -0.461 e. The van der Waals surface area contributed by atoms with Crippen molar-refractivity contribution in [2.75, 3.05) is 0 Å². The Kier molecular flexibility index (Phi) is 4.94. The van der Waals surface area contributed by atoms with Gasteiger partial charge in [-0.3, -0.25) is 4.79 Å². The third kappa shape index (κ3) is 4.03. The molecule has 0 unspecified atom stereocenters. The molecule has 114 valence electrons.